The number of esters is 4. The Morgan fingerprint density at radius 2 is 1.25 bits per heavy atom. The first kappa shape index (κ1) is 20.2. The Labute approximate surface area is 144 Å². The van der Waals surface area contributed by atoms with Gasteiger partial charge in [0.15, 0.2) is 18.3 Å². The van der Waals surface area contributed by atoms with Gasteiger partial charge in [-0.1, -0.05) is 0 Å². The highest BCUT2D eigenvalue weighted by Gasteiger charge is 2.51. The molecule has 0 aromatic heterocycles. The van der Waals surface area contributed by atoms with Crippen molar-refractivity contribution in [3.8, 4) is 0 Å². The maximum absolute atomic E-state index is 11.4. The minimum absolute atomic E-state index is 0.255. The van der Waals surface area contributed by atoms with Gasteiger partial charge in [-0.2, -0.15) is 0 Å². The van der Waals surface area contributed by atoms with E-state index in [1.54, 1.807) is 0 Å². The maximum Gasteiger partial charge on any atom is 0.303 e. The fourth-order valence-corrected chi connectivity index (χ4v) is 2.59. The third-order valence-corrected chi connectivity index (χ3v) is 3.38. The first-order valence-electron chi connectivity index (χ1n) is 7.10. The van der Waals surface area contributed by atoms with E-state index in [-0.39, 0.29) is 6.61 Å². The topological polar surface area (TPSA) is 114 Å². The van der Waals surface area contributed by atoms with Crippen LogP contribution in [0, 0.1) is 0 Å². The fraction of sp³-hybridized carbons (Fsp3) is 0.714. The van der Waals surface area contributed by atoms with Gasteiger partial charge in [-0.05, 0) is 0 Å². The Morgan fingerprint density at radius 1 is 0.792 bits per heavy atom. The SMILES string of the molecule is CC(=O)OC[C@H]1O[C@@H](S)[C@H](OC(C)=O)C(OC(C)=O)[C@@H]1OC(C)=O. The largest absolute Gasteiger partial charge is 0.463 e. The number of carbonyl (C=O) groups is 4. The van der Waals surface area contributed by atoms with Crippen LogP contribution in [0.15, 0.2) is 0 Å². The molecule has 5 atom stereocenters. The van der Waals surface area contributed by atoms with Gasteiger partial charge in [-0.25, -0.2) is 0 Å². The average molecular weight is 364 g/mol. The molecule has 0 radical (unpaired) electrons. The smallest absolute Gasteiger partial charge is 0.303 e. The molecule has 1 fully saturated rings. The van der Waals surface area contributed by atoms with E-state index in [0.29, 0.717) is 0 Å². The molecule has 0 bridgehead atoms. The van der Waals surface area contributed by atoms with Crippen molar-refractivity contribution in [3.05, 3.63) is 0 Å². The van der Waals surface area contributed by atoms with E-state index >= 15 is 0 Å². The molecular weight excluding hydrogens is 344 g/mol. The van der Waals surface area contributed by atoms with Gasteiger partial charge >= 0.3 is 23.9 Å². The molecule has 1 aliphatic rings. The summed E-state index contributed by atoms with van der Waals surface area (Å²) < 4.78 is 25.8. The van der Waals surface area contributed by atoms with Gasteiger partial charge in [0.05, 0.1) is 0 Å². The summed E-state index contributed by atoms with van der Waals surface area (Å²) in [5, 5.41) is 0. The number of rotatable bonds is 5. The molecule has 0 aliphatic carbocycles. The van der Waals surface area contributed by atoms with Crippen LogP contribution in [-0.4, -0.2) is 60.3 Å². The monoisotopic (exact) mass is 364 g/mol. The number of carbonyl (C=O) groups excluding carboxylic acids is 4. The van der Waals surface area contributed by atoms with Gasteiger partial charge in [-0.3, -0.25) is 19.2 Å². The lowest BCUT2D eigenvalue weighted by Crippen LogP contribution is -2.61. The van der Waals surface area contributed by atoms with Crippen LogP contribution in [-0.2, 0) is 42.9 Å². The van der Waals surface area contributed by atoms with Crippen molar-refractivity contribution < 1.29 is 42.9 Å². The number of hydrogen-bond acceptors (Lipinski definition) is 10. The lowest BCUT2D eigenvalue weighted by atomic mass is 9.99. The van der Waals surface area contributed by atoms with Crippen LogP contribution in [0.25, 0.3) is 0 Å². The Bertz CT molecular complexity index is 506. The summed E-state index contributed by atoms with van der Waals surface area (Å²) in [6.45, 7) is 4.42. The summed E-state index contributed by atoms with van der Waals surface area (Å²) in [4.78, 5) is 45.1. The third kappa shape index (κ3) is 6.00. The fourth-order valence-electron chi connectivity index (χ4n) is 2.21. The number of thiol groups is 1. The molecule has 0 N–H and O–H groups in total. The van der Waals surface area contributed by atoms with Crippen molar-refractivity contribution in [2.24, 2.45) is 0 Å². The first-order valence-corrected chi connectivity index (χ1v) is 7.62. The molecule has 1 saturated heterocycles. The summed E-state index contributed by atoms with van der Waals surface area (Å²) in [6, 6.07) is 0. The molecule has 1 unspecified atom stereocenters. The van der Waals surface area contributed by atoms with Crippen molar-refractivity contribution in [3.63, 3.8) is 0 Å². The summed E-state index contributed by atoms with van der Waals surface area (Å²) in [5.74, 6) is -2.57. The normalized spacial score (nSPS) is 29.3. The van der Waals surface area contributed by atoms with Crippen molar-refractivity contribution >= 4 is 36.5 Å². The van der Waals surface area contributed by atoms with Gasteiger partial charge in [0.1, 0.15) is 18.1 Å². The lowest BCUT2D eigenvalue weighted by molar-refractivity contribution is -0.237. The Balaban J connectivity index is 3.11. The van der Waals surface area contributed by atoms with Crippen molar-refractivity contribution in [1.82, 2.24) is 0 Å². The second kappa shape index (κ2) is 8.88. The van der Waals surface area contributed by atoms with E-state index in [0.717, 1.165) is 20.8 Å². The molecule has 9 nitrogen and oxygen atoms in total. The van der Waals surface area contributed by atoms with Crippen LogP contribution in [0.1, 0.15) is 27.7 Å². The summed E-state index contributed by atoms with van der Waals surface area (Å²) >= 11 is 4.18. The second-order valence-electron chi connectivity index (χ2n) is 5.09. The summed E-state index contributed by atoms with van der Waals surface area (Å²) in [6.07, 6.45) is -4.35. The highest BCUT2D eigenvalue weighted by Crippen LogP contribution is 2.30. The van der Waals surface area contributed by atoms with Gasteiger partial charge in [0, 0.05) is 27.7 Å². The van der Waals surface area contributed by atoms with Crippen LogP contribution < -0.4 is 0 Å². The molecule has 0 spiro atoms. The molecule has 0 aromatic rings. The molecule has 0 aromatic carbocycles. The molecule has 1 rings (SSSR count). The summed E-state index contributed by atoms with van der Waals surface area (Å²) in [7, 11) is 0. The zero-order valence-corrected chi connectivity index (χ0v) is 14.6. The standard InChI is InChI=1S/C14H20O9S/c1-6(15)19-5-10-11(20-7(2)16)12(21-8(3)17)13(14(24)23-10)22-9(4)18/h10-14,24H,5H2,1-4H3/t10-,11-,12?,13-,14+/m1/s1. The Kier molecular flexibility index (Phi) is 7.49. The van der Waals surface area contributed by atoms with Crippen LogP contribution in [0.4, 0.5) is 0 Å². The summed E-state index contributed by atoms with van der Waals surface area (Å²) in [5.41, 5.74) is -0.981. The molecule has 136 valence electrons. The average Bonchev–Trinajstić information content (AvgIpc) is 2.42. The van der Waals surface area contributed by atoms with Gasteiger partial charge in [0.2, 0.25) is 0 Å². The van der Waals surface area contributed by atoms with Crippen LogP contribution in [0.3, 0.4) is 0 Å². The zero-order valence-electron chi connectivity index (χ0n) is 13.7. The van der Waals surface area contributed by atoms with E-state index in [9.17, 15) is 19.2 Å². The molecule has 0 amide bonds. The van der Waals surface area contributed by atoms with Crippen LogP contribution in [0.2, 0.25) is 0 Å². The maximum atomic E-state index is 11.4. The molecule has 10 heteroatoms. The molecular formula is C14H20O9S. The number of ether oxygens (including phenoxy) is 5. The highest BCUT2D eigenvalue weighted by atomic mass is 32.1. The number of hydrogen-bond donors (Lipinski definition) is 1. The molecule has 1 aliphatic heterocycles. The Morgan fingerprint density at radius 3 is 1.71 bits per heavy atom. The van der Waals surface area contributed by atoms with E-state index in [1.165, 1.54) is 6.92 Å². The predicted molar refractivity (Wildman–Crippen MR) is 80.9 cm³/mol. The Hall–Kier alpha value is -1.81. The predicted octanol–water partition coefficient (Wildman–Crippen LogP) is -0.000700. The van der Waals surface area contributed by atoms with Crippen molar-refractivity contribution in [2.75, 3.05) is 6.61 Å². The second-order valence-corrected chi connectivity index (χ2v) is 5.60. The molecule has 24 heavy (non-hydrogen) atoms. The quantitative estimate of drug-likeness (QED) is 0.409. The van der Waals surface area contributed by atoms with Crippen LogP contribution >= 0.6 is 12.6 Å². The van der Waals surface area contributed by atoms with E-state index in [4.69, 9.17) is 23.7 Å². The van der Waals surface area contributed by atoms with E-state index < -0.39 is 53.7 Å². The third-order valence-electron chi connectivity index (χ3n) is 2.97. The van der Waals surface area contributed by atoms with Crippen LogP contribution in [0.5, 0.6) is 0 Å². The van der Waals surface area contributed by atoms with E-state index in [2.05, 4.69) is 12.6 Å². The van der Waals surface area contributed by atoms with Gasteiger partial charge < -0.3 is 23.7 Å². The minimum atomic E-state index is -1.16. The zero-order chi connectivity index (χ0) is 18.4. The van der Waals surface area contributed by atoms with Crippen molar-refractivity contribution in [1.29, 1.82) is 0 Å². The highest BCUT2D eigenvalue weighted by molar-refractivity contribution is 7.80. The van der Waals surface area contributed by atoms with Gasteiger partial charge in [0.25, 0.3) is 0 Å². The lowest BCUT2D eigenvalue weighted by Gasteiger charge is -2.42. The minimum Gasteiger partial charge on any atom is -0.463 e. The van der Waals surface area contributed by atoms with Crippen molar-refractivity contribution in [2.45, 2.75) is 57.5 Å². The van der Waals surface area contributed by atoms with E-state index in [1.807, 2.05) is 0 Å². The molecule has 1 heterocycles. The first-order chi connectivity index (χ1) is 11.1. The van der Waals surface area contributed by atoms with Gasteiger partial charge in [-0.15, -0.1) is 12.6 Å². The molecule has 0 saturated carbocycles.